The Morgan fingerprint density at radius 1 is 0.929 bits per heavy atom. The van der Waals surface area contributed by atoms with Crippen LogP contribution in [0.3, 0.4) is 0 Å². The molecule has 6 nitrogen and oxygen atoms in total. The van der Waals surface area contributed by atoms with Crippen molar-refractivity contribution in [3.8, 4) is 0 Å². The molecule has 0 amide bonds. The molecule has 0 aliphatic rings. The van der Waals surface area contributed by atoms with E-state index in [-0.39, 0.29) is 10.0 Å². The third-order valence-electron chi connectivity index (χ3n) is 3.49. The van der Waals surface area contributed by atoms with Gasteiger partial charge in [-0.05, 0) is 59.2 Å². The molecule has 0 aromatic heterocycles. The number of hydrogen-bond acceptors (Lipinski definition) is 5. The lowest BCUT2D eigenvalue weighted by Gasteiger charge is -2.30. The van der Waals surface area contributed by atoms with Crippen molar-refractivity contribution < 1.29 is 29.0 Å². The Morgan fingerprint density at radius 2 is 1.39 bits per heavy atom. The van der Waals surface area contributed by atoms with Crippen LogP contribution in [0.15, 0.2) is 18.2 Å². The van der Waals surface area contributed by atoms with E-state index in [1.165, 1.54) is 18.2 Å². The van der Waals surface area contributed by atoms with Gasteiger partial charge in [-0.15, -0.1) is 0 Å². The minimum Gasteiger partial charge on any atom is -0.481 e. The van der Waals surface area contributed by atoms with E-state index < -0.39 is 47.4 Å². The van der Waals surface area contributed by atoms with Crippen molar-refractivity contribution in [3.05, 3.63) is 33.8 Å². The van der Waals surface area contributed by atoms with Gasteiger partial charge in [0.25, 0.3) is 0 Å². The number of carbonyl (C=O) groups is 3. The molecular weight excluding hydrogens is 407 g/mol. The summed E-state index contributed by atoms with van der Waals surface area (Å²) in [7, 11) is 0. The van der Waals surface area contributed by atoms with Crippen LogP contribution in [0.2, 0.25) is 10.0 Å². The molecule has 0 spiro atoms. The average molecular weight is 433 g/mol. The zero-order chi connectivity index (χ0) is 21.9. The number of benzene rings is 1. The summed E-state index contributed by atoms with van der Waals surface area (Å²) in [4.78, 5) is 37.2. The van der Waals surface area contributed by atoms with Crippen LogP contribution in [-0.2, 0) is 23.9 Å². The molecule has 156 valence electrons. The largest absolute Gasteiger partial charge is 0.481 e. The molecule has 1 N–H and O–H groups in total. The molecule has 1 rings (SSSR count). The molecule has 1 atom stereocenters. The van der Waals surface area contributed by atoms with Crippen LogP contribution >= 0.6 is 23.2 Å². The minimum absolute atomic E-state index is 0.182. The number of carboxylic acids is 1. The monoisotopic (exact) mass is 432 g/mol. The summed E-state index contributed by atoms with van der Waals surface area (Å²) in [5, 5.41) is 9.83. The Morgan fingerprint density at radius 3 is 1.75 bits per heavy atom. The molecule has 1 aromatic carbocycles. The Bertz CT molecular complexity index is 718. The Labute approximate surface area is 175 Å². The van der Waals surface area contributed by atoms with Gasteiger partial charge < -0.3 is 14.6 Å². The van der Waals surface area contributed by atoms with Crippen LogP contribution in [-0.4, -0.2) is 34.2 Å². The van der Waals surface area contributed by atoms with E-state index in [1.807, 2.05) is 0 Å². The van der Waals surface area contributed by atoms with Gasteiger partial charge >= 0.3 is 17.9 Å². The van der Waals surface area contributed by atoms with Crippen LogP contribution in [0.25, 0.3) is 0 Å². The fraction of sp³-hybridized carbons (Fsp3) is 0.550. The first kappa shape index (κ1) is 24.2. The quantitative estimate of drug-likeness (QED) is 0.510. The lowest BCUT2D eigenvalue weighted by Crippen LogP contribution is -2.40. The first-order chi connectivity index (χ1) is 12.6. The van der Waals surface area contributed by atoms with E-state index in [0.717, 1.165) is 0 Å². The molecule has 0 fully saturated rings. The molecule has 0 bridgehead atoms. The number of hydrogen-bond donors (Lipinski definition) is 1. The van der Waals surface area contributed by atoms with Crippen molar-refractivity contribution in [1.29, 1.82) is 0 Å². The van der Waals surface area contributed by atoms with Crippen molar-refractivity contribution in [2.45, 2.75) is 65.1 Å². The van der Waals surface area contributed by atoms with Gasteiger partial charge in [-0.2, -0.15) is 0 Å². The second-order valence-corrected chi connectivity index (χ2v) is 9.24. The van der Waals surface area contributed by atoms with Crippen molar-refractivity contribution in [2.24, 2.45) is 5.92 Å². The average Bonchev–Trinajstić information content (AvgIpc) is 2.45. The second-order valence-electron chi connectivity index (χ2n) is 8.42. The molecule has 0 aliphatic heterocycles. The van der Waals surface area contributed by atoms with E-state index >= 15 is 0 Å². The Hall–Kier alpha value is -1.79. The van der Waals surface area contributed by atoms with Gasteiger partial charge in [-0.1, -0.05) is 29.3 Å². The topological polar surface area (TPSA) is 89.9 Å². The van der Waals surface area contributed by atoms with Crippen LogP contribution in [0.4, 0.5) is 0 Å². The van der Waals surface area contributed by atoms with Gasteiger partial charge in [0.05, 0.1) is 16.5 Å². The summed E-state index contributed by atoms with van der Waals surface area (Å²) in [6, 6.07) is 4.46. The molecule has 1 aromatic rings. The maximum atomic E-state index is 12.9. The molecule has 1 unspecified atom stereocenters. The van der Waals surface area contributed by atoms with Crippen molar-refractivity contribution >= 4 is 41.1 Å². The molecule has 0 aliphatic carbocycles. The molecule has 8 heteroatoms. The number of halogens is 2. The summed E-state index contributed by atoms with van der Waals surface area (Å²) in [5.74, 6) is -5.44. The fourth-order valence-corrected chi connectivity index (χ4v) is 2.82. The van der Waals surface area contributed by atoms with Gasteiger partial charge in [0, 0.05) is 5.92 Å². The summed E-state index contributed by atoms with van der Waals surface area (Å²) >= 11 is 12.0. The maximum absolute atomic E-state index is 12.9. The van der Waals surface area contributed by atoms with Crippen LogP contribution < -0.4 is 0 Å². The number of ether oxygens (including phenoxy) is 2. The molecule has 0 radical (unpaired) electrons. The van der Waals surface area contributed by atoms with E-state index in [1.54, 1.807) is 41.5 Å². The number of aliphatic carboxylic acids is 1. The highest BCUT2D eigenvalue weighted by atomic mass is 35.5. The number of carboxylic acid groups (broad SMARTS) is 1. The van der Waals surface area contributed by atoms with Crippen LogP contribution in [0, 0.1) is 5.92 Å². The first-order valence-electron chi connectivity index (χ1n) is 8.73. The normalized spacial score (nSPS) is 13.2. The second kappa shape index (κ2) is 9.14. The number of esters is 2. The minimum atomic E-state index is -1.48. The SMILES string of the molecule is CC(C)(C)OC(=O)C(C(=O)OC(C)(C)C)C(CC(=O)O)c1ccc(Cl)c(Cl)c1. The van der Waals surface area contributed by atoms with E-state index in [9.17, 15) is 19.5 Å². The van der Waals surface area contributed by atoms with Crippen molar-refractivity contribution in [1.82, 2.24) is 0 Å². The third kappa shape index (κ3) is 7.68. The molecule has 0 heterocycles. The zero-order valence-electron chi connectivity index (χ0n) is 16.8. The van der Waals surface area contributed by atoms with Gasteiger partial charge in [-0.3, -0.25) is 14.4 Å². The highest BCUT2D eigenvalue weighted by Gasteiger charge is 2.42. The van der Waals surface area contributed by atoms with Gasteiger partial charge in [0.15, 0.2) is 5.92 Å². The highest BCUT2D eigenvalue weighted by molar-refractivity contribution is 6.42. The summed E-state index contributed by atoms with van der Waals surface area (Å²) in [6.07, 6.45) is -0.499. The molecule has 0 saturated heterocycles. The first-order valence-corrected chi connectivity index (χ1v) is 9.49. The van der Waals surface area contributed by atoms with E-state index in [2.05, 4.69) is 0 Å². The van der Waals surface area contributed by atoms with Crippen LogP contribution in [0.1, 0.15) is 59.4 Å². The van der Waals surface area contributed by atoms with Gasteiger partial charge in [-0.25, -0.2) is 0 Å². The summed E-state index contributed by atoms with van der Waals surface area (Å²) in [6.45, 7) is 9.93. The lowest BCUT2D eigenvalue weighted by atomic mass is 9.83. The molecule has 28 heavy (non-hydrogen) atoms. The Kier molecular flexibility index (Phi) is 7.91. The van der Waals surface area contributed by atoms with Gasteiger partial charge in [0.2, 0.25) is 0 Å². The zero-order valence-corrected chi connectivity index (χ0v) is 18.4. The smallest absolute Gasteiger partial charge is 0.321 e. The van der Waals surface area contributed by atoms with Crippen molar-refractivity contribution in [3.63, 3.8) is 0 Å². The third-order valence-corrected chi connectivity index (χ3v) is 4.23. The van der Waals surface area contributed by atoms with Crippen molar-refractivity contribution in [2.75, 3.05) is 0 Å². The number of carbonyl (C=O) groups excluding carboxylic acids is 2. The van der Waals surface area contributed by atoms with E-state index in [4.69, 9.17) is 32.7 Å². The summed E-state index contributed by atoms with van der Waals surface area (Å²) < 4.78 is 10.8. The maximum Gasteiger partial charge on any atom is 0.321 e. The highest BCUT2D eigenvalue weighted by Crippen LogP contribution is 2.35. The van der Waals surface area contributed by atoms with Gasteiger partial charge in [0.1, 0.15) is 11.2 Å². The molecular formula is C20H26Cl2O6. The predicted octanol–water partition coefficient (Wildman–Crippen LogP) is 4.85. The van der Waals surface area contributed by atoms with Crippen LogP contribution in [0.5, 0.6) is 0 Å². The van der Waals surface area contributed by atoms with E-state index in [0.29, 0.717) is 5.56 Å². The summed E-state index contributed by atoms with van der Waals surface area (Å²) in [5.41, 5.74) is -1.37. The molecule has 0 saturated carbocycles. The Balaban J connectivity index is 3.47. The standard InChI is InChI=1S/C20H26Cl2O6/c1-19(2,3)27-17(25)16(18(26)28-20(4,5)6)12(10-15(23)24)11-7-8-13(21)14(22)9-11/h7-9,12,16H,10H2,1-6H3,(H,23,24). The predicted molar refractivity (Wildman–Crippen MR) is 107 cm³/mol. The lowest BCUT2D eigenvalue weighted by molar-refractivity contribution is -0.175. The number of rotatable bonds is 6. The fourth-order valence-electron chi connectivity index (χ4n) is 2.51.